The minimum absolute atomic E-state index is 0.0617. The highest BCUT2D eigenvalue weighted by Crippen LogP contribution is 1.98. The number of ether oxygens (including phenoxy) is 1. The molecule has 1 unspecified atom stereocenters. The summed E-state index contributed by atoms with van der Waals surface area (Å²) < 4.78 is 6.16. The molecule has 3 N–H and O–H groups in total. The van der Waals surface area contributed by atoms with Gasteiger partial charge in [-0.05, 0) is 13.3 Å². The number of nitrogens with zero attached hydrogens (tertiary/aromatic N) is 2. The van der Waals surface area contributed by atoms with Gasteiger partial charge in [-0.2, -0.15) is 5.10 Å². The molecule has 0 aromatic carbocycles. The molecule has 0 spiro atoms. The molecule has 1 heterocycles. The SMILES string of the molecule is CCC(C)NC(=O)COC(=O)Cn1cc(N)cn1. The van der Waals surface area contributed by atoms with Crippen LogP contribution in [0.25, 0.3) is 0 Å². The lowest BCUT2D eigenvalue weighted by atomic mass is 10.2. The van der Waals surface area contributed by atoms with Crippen LogP contribution in [-0.4, -0.2) is 34.3 Å². The fraction of sp³-hybridized carbons (Fsp3) is 0.545. The Morgan fingerprint density at radius 1 is 1.61 bits per heavy atom. The van der Waals surface area contributed by atoms with Crippen molar-refractivity contribution in [1.29, 1.82) is 0 Å². The predicted molar refractivity (Wildman–Crippen MR) is 65.5 cm³/mol. The van der Waals surface area contributed by atoms with Crippen LogP contribution in [0.1, 0.15) is 20.3 Å². The van der Waals surface area contributed by atoms with Gasteiger partial charge in [0.1, 0.15) is 6.54 Å². The first-order valence-electron chi connectivity index (χ1n) is 5.74. The third-order valence-corrected chi connectivity index (χ3v) is 2.33. The van der Waals surface area contributed by atoms with Crippen LogP contribution in [0.2, 0.25) is 0 Å². The Morgan fingerprint density at radius 2 is 2.33 bits per heavy atom. The number of anilines is 1. The van der Waals surface area contributed by atoms with Gasteiger partial charge >= 0.3 is 5.97 Å². The minimum Gasteiger partial charge on any atom is -0.454 e. The van der Waals surface area contributed by atoms with E-state index in [1.807, 2.05) is 13.8 Å². The van der Waals surface area contributed by atoms with Crippen LogP contribution in [0.15, 0.2) is 12.4 Å². The molecule has 7 heteroatoms. The summed E-state index contributed by atoms with van der Waals surface area (Å²) in [5, 5.41) is 6.53. The first-order valence-corrected chi connectivity index (χ1v) is 5.74. The summed E-state index contributed by atoms with van der Waals surface area (Å²) in [7, 11) is 0. The van der Waals surface area contributed by atoms with Crippen molar-refractivity contribution < 1.29 is 14.3 Å². The van der Waals surface area contributed by atoms with Crippen molar-refractivity contribution in [2.45, 2.75) is 32.9 Å². The summed E-state index contributed by atoms with van der Waals surface area (Å²) in [6.07, 6.45) is 3.77. The van der Waals surface area contributed by atoms with E-state index >= 15 is 0 Å². The molecule has 0 aliphatic carbocycles. The minimum atomic E-state index is -0.530. The molecule has 0 saturated carbocycles. The number of esters is 1. The molecule has 0 aliphatic heterocycles. The molecule has 0 aliphatic rings. The predicted octanol–water partition coefficient (Wildman–Crippen LogP) is -0.0768. The highest BCUT2D eigenvalue weighted by molar-refractivity contribution is 5.80. The second kappa shape index (κ2) is 6.63. The Morgan fingerprint density at radius 3 is 2.89 bits per heavy atom. The molecular formula is C11H18N4O3. The first-order chi connectivity index (χ1) is 8.51. The fourth-order valence-corrected chi connectivity index (χ4v) is 1.21. The number of rotatable bonds is 6. The van der Waals surface area contributed by atoms with E-state index < -0.39 is 5.97 Å². The third-order valence-electron chi connectivity index (χ3n) is 2.33. The second-order valence-electron chi connectivity index (χ2n) is 4.01. The van der Waals surface area contributed by atoms with E-state index in [1.54, 1.807) is 0 Å². The van der Waals surface area contributed by atoms with Crippen molar-refractivity contribution in [2.75, 3.05) is 12.3 Å². The summed E-state index contributed by atoms with van der Waals surface area (Å²) in [4.78, 5) is 22.7. The summed E-state index contributed by atoms with van der Waals surface area (Å²) in [6, 6.07) is 0.0714. The van der Waals surface area contributed by atoms with E-state index in [-0.39, 0.29) is 25.1 Å². The van der Waals surface area contributed by atoms with Crippen molar-refractivity contribution >= 4 is 17.6 Å². The molecule has 1 amide bonds. The van der Waals surface area contributed by atoms with Gasteiger partial charge < -0.3 is 15.8 Å². The standard InChI is InChI=1S/C11H18N4O3/c1-3-8(2)14-10(16)7-18-11(17)6-15-5-9(12)4-13-15/h4-5,8H,3,6-7,12H2,1-2H3,(H,14,16). The van der Waals surface area contributed by atoms with E-state index in [2.05, 4.69) is 10.4 Å². The molecule has 18 heavy (non-hydrogen) atoms. The molecule has 1 rings (SSSR count). The Balaban J connectivity index is 2.27. The van der Waals surface area contributed by atoms with Crippen molar-refractivity contribution in [3.63, 3.8) is 0 Å². The molecule has 1 aromatic rings. The van der Waals surface area contributed by atoms with Crippen LogP contribution in [0.5, 0.6) is 0 Å². The number of aromatic nitrogens is 2. The van der Waals surface area contributed by atoms with Gasteiger partial charge in [0, 0.05) is 12.2 Å². The normalized spacial score (nSPS) is 11.9. The number of amides is 1. The smallest absolute Gasteiger partial charge is 0.328 e. The van der Waals surface area contributed by atoms with Crippen LogP contribution in [-0.2, 0) is 20.9 Å². The molecule has 0 radical (unpaired) electrons. The monoisotopic (exact) mass is 254 g/mol. The molecule has 100 valence electrons. The Bertz CT molecular complexity index is 416. The molecule has 1 atom stereocenters. The van der Waals surface area contributed by atoms with Crippen LogP contribution >= 0.6 is 0 Å². The van der Waals surface area contributed by atoms with Crippen molar-refractivity contribution in [3.05, 3.63) is 12.4 Å². The van der Waals surface area contributed by atoms with Gasteiger partial charge in [0.25, 0.3) is 5.91 Å². The molecule has 0 fully saturated rings. The van der Waals surface area contributed by atoms with E-state index in [0.29, 0.717) is 5.69 Å². The maximum absolute atomic E-state index is 11.4. The lowest BCUT2D eigenvalue weighted by Crippen LogP contribution is -2.35. The van der Waals surface area contributed by atoms with E-state index in [1.165, 1.54) is 17.1 Å². The molecule has 0 bridgehead atoms. The number of carbonyl (C=O) groups is 2. The van der Waals surface area contributed by atoms with Gasteiger partial charge in [-0.15, -0.1) is 0 Å². The third kappa shape index (κ3) is 4.86. The maximum Gasteiger partial charge on any atom is 0.328 e. The van der Waals surface area contributed by atoms with E-state index in [9.17, 15) is 9.59 Å². The van der Waals surface area contributed by atoms with E-state index in [4.69, 9.17) is 10.5 Å². The Labute approximate surface area is 105 Å². The van der Waals surface area contributed by atoms with Crippen molar-refractivity contribution in [3.8, 4) is 0 Å². The quantitative estimate of drug-likeness (QED) is 0.692. The van der Waals surface area contributed by atoms with Gasteiger partial charge in [-0.1, -0.05) is 6.92 Å². The van der Waals surface area contributed by atoms with Gasteiger partial charge in [-0.3, -0.25) is 14.3 Å². The summed E-state index contributed by atoms with van der Waals surface area (Å²) in [5.41, 5.74) is 5.92. The number of carbonyl (C=O) groups excluding carboxylic acids is 2. The highest BCUT2D eigenvalue weighted by atomic mass is 16.5. The Hall–Kier alpha value is -2.05. The molecular weight excluding hydrogens is 236 g/mol. The van der Waals surface area contributed by atoms with Crippen LogP contribution in [0.4, 0.5) is 5.69 Å². The Kier molecular flexibility index (Phi) is 5.16. The summed E-state index contributed by atoms with van der Waals surface area (Å²) in [5.74, 6) is -0.838. The van der Waals surface area contributed by atoms with Crippen LogP contribution < -0.4 is 11.1 Å². The fourth-order valence-electron chi connectivity index (χ4n) is 1.21. The number of nitrogens with two attached hydrogens (primary N) is 1. The van der Waals surface area contributed by atoms with E-state index in [0.717, 1.165) is 6.42 Å². The van der Waals surface area contributed by atoms with Crippen LogP contribution in [0.3, 0.4) is 0 Å². The second-order valence-corrected chi connectivity index (χ2v) is 4.01. The summed E-state index contributed by atoms with van der Waals surface area (Å²) >= 11 is 0. The van der Waals surface area contributed by atoms with Crippen molar-refractivity contribution in [1.82, 2.24) is 15.1 Å². The number of nitrogen functional groups attached to an aromatic ring is 1. The molecule has 7 nitrogen and oxygen atoms in total. The average Bonchev–Trinajstić information content (AvgIpc) is 2.72. The summed E-state index contributed by atoms with van der Waals surface area (Å²) in [6.45, 7) is 3.50. The largest absolute Gasteiger partial charge is 0.454 e. The zero-order valence-corrected chi connectivity index (χ0v) is 10.5. The van der Waals surface area contributed by atoms with Crippen LogP contribution in [0, 0.1) is 0 Å². The number of hydrogen-bond acceptors (Lipinski definition) is 5. The van der Waals surface area contributed by atoms with Crippen molar-refractivity contribution in [2.24, 2.45) is 0 Å². The van der Waals surface area contributed by atoms with Gasteiger partial charge in [0.05, 0.1) is 11.9 Å². The number of hydrogen-bond donors (Lipinski definition) is 2. The maximum atomic E-state index is 11.4. The lowest BCUT2D eigenvalue weighted by molar-refractivity contribution is -0.149. The lowest BCUT2D eigenvalue weighted by Gasteiger charge is -2.11. The topological polar surface area (TPSA) is 99.2 Å². The van der Waals surface area contributed by atoms with Gasteiger partial charge in [-0.25, -0.2) is 0 Å². The molecule has 1 aromatic heterocycles. The first kappa shape index (κ1) is 14.0. The zero-order valence-electron chi connectivity index (χ0n) is 10.5. The molecule has 0 saturated heterocycles. The average molecular weight is 254 g/mol. The number of nitrogens with one attached hydrogen (secondary N) is 1. The van der Waals surface area contributed by atoms with Gasteiger partial charge in [0.15, 0.2) is 6.61 Å². The van der Waals surface area contributed by atoms with Gasteiger partial charge in [0.2, 0.25) is 0 Å². The highest BCUT2D eigenvalue weighted by Gasteiger charge is 2.10. The zero-order chi connectivity index (χ0) is 13.5.